The van der Waals surface area contributed by atoms with Crippen LogP contribution in [0, 0.1) is 13.8 Å². The molecule has 110 valence electrons. The minimum Gasteiger partial charge on any atom is -0.444 e. The van der Waals surface area contributed by atoms with Crippen LogP contribution in [0.25, 0.3) is 6.08 Å². The number of hydrogen-bond donors (Lipinski definition) is 1. The molecule has 1 amide bonds. The third kappa shape index (κ3) is 5.78. The van der Waals surface area contributed by atoms with E-state index in [2.05, 4.69) is 47.2 Å². The van der Waals surface area contributed by atoms with Gasteiger partial charge in [0.05, 0.1) is 0 Å². The standard InChI is InChI=1S/C16H22BrNO2/c1-11-9-13(17)10-12(2)14(11)7-6-8-18-15(19)20-16(3,4)5/h6-7,9-10H,8H2,1-5H3,(H,18,19). The van der Waals surface area contributed by atoms with Crippen LogP contribution >= 0.6 is 15.9 Å². The molecule has 0 aliphatic carbocycles. The predicted molar refractivity (Wildman–Crippen MR) is 86.9 cm³/mol. The molecule has 0 aliphatic heterocycles. The Morgan fingerprint density at radius 3 is 2.35 bits per heavy atom. The Kier molecular flexibility index (Phi) is 5.81. The second-order valence-corrected chi connectivity index (χ2v) is 6.65. The highest BCUT2D eigenvalue weighted by Gasteiger charge is 2.14. The van der Waals surface area contributed by atoms with E-state index in [1.807, 2.05) is 32.9 Å². The number of alkyl carbamates (subject to hydrolysis) is 1. The molecule has 0 heterocycles. The molecular weight excluding hydrogens is 318 g/mol. The summed E-state index contributed by atoms with van der Waals surface area (Å²) in [5.74, 6) is 0. The minimum absolute atomic E-state index is 0.397. The Hall–Kier alpha value is -1.29. The zero-order valence-corrected chi connectivity index (χ0v) is 14.3. The number of rotatable bonds is 3. The monoisotopic (exact) mass is 339 g/mol. The van der Waals surface area contributed by atoms with E-state index < -0.39 is 11.7 Å². The van der Waals surface area contributed by atoms with Crippen LogP contribution in [0.3, 0.4) is 0 Å². The third-order valence-corrected chi connectivity index (χ3v) is 3.06. The summed E-state index contributed by atoms with van der Waals surface area (Å²) in [5.41, 5.74) is 3.11. The second-order valence-electron chi connectivity index (χ2n) is 5.74. The van der Waals surface area contributed by atoms with Crippen LogP contribution in [0.5, 0.6) is 0 Å². The maximum atomic E-state index is 11.5. The Labute approximate surface area is 129 Å². The zero-order chi connectivity index (χ0) is 15.3. The summed E-state index contributed by atoms with van der Waals surface area (Å²) in [6.45, 7) is 10.1. The molecule has 0 spiro atoms. The lowest BCUT2D eigenvalue weighted by Gasteiger charge is -2.19. The smallest absolute Gasteiger partial charge is 0.407 e. The first-order valence-corrected chi connectivity index (χ1v) is 7.38. The zero-order valence-electron chi connectivity index (χ0n) is 12.7. The van der Waals surface area contributed by atoms with Crippen LogP contribution in [0.15, 0.2) is 22.7 Å². The van der Waals surface area contributed by atoms with Crippen molar-refractivity contribution in [3.8, 4) is 0 Å². The van der Waals surface area contributed by atoms with Gasteiger partial charge in [-0.25, -0.2) is 4.79 Å². The largest absolute Gasteiger partial charge is 0.444 e. The lowest BCUT2D eigenvalue weighted by Crippen LogP contribution is -2.32. The summed E-state index contributed by atoms with van der Waals surface area (Å²) >= 11 is 3.48. The van der Waals surface area contributed by atoms with Gasteiger partial charge in [0.2, 0.25) is 0 Å². The van der Waals surface area contributed by atoms with Crippen molar-refractivity contribution in [2.45, 2.75) is 40.2 Å². The summed E-state index contributed by atoms with van der Waals surface area (Å²) in [7, 11) is 0. The van der Waals surface area contributed by atoms with E-state index in [1.165, 1.54) is 16.7 Å². The van der Waals surface area contributed by atoms with E-state index >= 15 is 0 Å². The molecule has 0 unspecified atom stereocenters. The van der Waals surface area contributed by atoms with Gasteiger partial charge in [-0.2, -0.15) is 0 Å². The van der Waals surface area contributed by atoms with E-state index in [0.717, 1.165) is 4.47 Å². The first-order chi connectivity index (χ1) is 9.19. The Balaban J connectivity index is 2.56. The van der Waals surface area contributed by atoms with Gasteiger partial charge < -0.3 is 10.1 Å². The lowest BCUT2D eigenvalue weighted by atomic mass is 10.0. The molecular formula is C16H22BrNO2. The van der Waals surface area contributed by atoms with Crippen LogP contribution < -0.4 is 5.32 Å². The fourth-order valence-corrected chi connectivity index (χ4v) is 2.50. The quantitative estimate of drug-likeness (QED) is 0.873. The molecule has 3 nitrogen and oxygen atoms in total. The summed E-state index contributed by atoms with van der Waals surface area (Å²) in [5, 5.41) is 2.70. The van der Waals surface area contributed by atoms with Crippen molar-refractivity contribution in [1.29, 1.82) is 0 Å². The summed E-state index contributed by atoms with van der Waals surface area (Å²) < 4.78 is 6.24. The van der Waals surface area contributed by atoms with Crippen molar-refractivity contribution in [1.82, 2.24) is 5.32 Å². The van der Waals surface area contributed by atoms with Crippen molar-refractivity contribution in [2.24, 2.45) is 0 Å². The molecule has 0 aromatic heterocycles. The molecule has 0 bridgehead atoms. The van der Waals surface area contributed by atoms with E-state index in [9.17, 15) is 4.79 Å². The number of hydrogen-bond acceptors (Lipinski definition) is 2. The maximum absolute atomic E-state index is 11.5. The van der Waals surface area contributed by atoms with Crippen LogP contribution in [-0.2, 0) is 4.74 Å². The van der Waals surface area contributed by atoms with Gasteiger partial charge in [0.25, 0.3) is 0 Å². The number of aryl methyl sites for hydroxylation is 2. The van der Waals surface area contributed by atoms with Gasteiger partial charge in [-0.15, -0.1) is 0 Å². The van der Waals surface area contributed by atoms with Gasteiger partial charge in [-0.05, 0) is 63.4 Å². The molecule has 1 N–H and O–H groups in total. The molecule has 0 atom stereocenters. The summed E-state index contributed by atoms with van der Waals surface area (Å²) in [6.07, 6.45) is 3.55. The molecule has 1 rings (SSSR count). The van der Waals surface area contributed by atoms with Gasteiger partial charge in [-0.3, -0.25) is 0 Å². The highest BCUT2D eigenvalue weighted by Crippen LogP contribution is 2.21. The number of amides is 1. The minimum atomic E-state index is -0.466. The maximum Gasteiger partial charge on any atom is 0.407 e. The number of carbonyl (C=O) groups is 1. The fourth-order valence-electron chi connectivity index (χ4n) is 1.82. The van der Waals surface area contributed by atoms with Gasteiger partial charge in [-0.1, -0.05) is 28.1 Å². The first-order valence-electron chi connectivity index (χ1n) is 6.59. The molecule has 1 aromatic rings. The van der Waals surface area contributed by atoms with E-state index in [4.69, 9.17) is 4.74 Å². The summed E-state index contributed by atoms with van der Waals surface area (Å²) in [4.78, 5) is 11.5. The van der Waals surface area contributed by atoms with Gasteiger partial charge >= 0.3 is 6.09 Å². The average molecular weight is 340 g/mol. The Morgan fingerprint density at radius 1 is 1.30 bits per heavy atom. The highest BCUT2D eigenvalue weighted by molar-refractivity contribution is 9.10. The van der Waals surface area contributed by atoms with Crippen molar-refractivity contribution >= 4 is 28.1 Å². The Morgan fingerprint density at radius 2 is 1.85 bits per heavy atom. The van der Waals surface area contributed by atoms with Gasteiger partial charge in [0, 0.05) is 11.0 Å². The van der Waals surface area contributed by atoms with E-state index in [-0.39, 0.29) is 0 Å². The second kappa shape index (κ2) is 6.93. The Bertz CT molecular complexity index is 493. The topological polar surface area (TPSA) is 38.3 Å². The normalized spacial score (nSPS) is 11.7. The molecule has 1 aromatic carbocycles. The lowest BCUT2D eigenvalue weighted by molar-refractivity contribution is 0.0534. The number of nitrogens with one attached hydrogen (secondary N) is 1. The van der Waals surface area contributed by atoms with Crippen LogP contribution in [-0.4, -0.2) is 18.2 Å². The highest BCUT2D eigenvalue weighted by atomic mass is 79.9. The molecule has 0 saturated heterocycles. The van der Waals surface area contributed by atoms with Crippen LogP contribution in [0.4, 0.5) is 4.79 Å². The van der Waals surface area contributed by atoms with Crippen LogP contribution in [0.2, 0.25) is 0 Å². The van der Waals surface area contributed by atoms with E-state index in [0.29, 0.717) is 6.54 Å². The van der Waals surface area contributed by atoms with Gasteiger partial charge in [0.1, 0.15) is 5.60 Å². The number of halogens is 1. The fraction of sp³-hybridized carbons (Fsp3) is 0.438. The van der Waals surface area contributed by atoms with E-state index in [1.54, 1.807) is 0 Å². The average Bonchev–Trinajstić information content (AvgIpc) is 2.23. The molecule has 20 heavy (non-hydrogen) atoms. The molecule has 0 fully saturated rings. The van der Waals surface area contributed by atoms with Crippen molar-refractivity contribution in [2.75, 3.05) is 6.54 Å². The SMILES string of the molecule is Cc1cc(Br)cc(C)c1C=CCNC(=O)OC(C)(C)C. The van der Waals surface area contributed by atoms with Gasteiger partial charge in [0.15, 0.2) is 0 Å². The molecule has 0 saturated carbocycles. The number of carbonyl (C=O) groups excluding carboxylic acids is 1. The number of ether oxygens (including phenoxy) is 1. The summed E-state index contributed by atoms with van der Waals surface area (Å²) in [6, 6.07) is 4.15. The van der Waals surface area contributed by atoms with Crippen LogP contribution in [0.1, 0.15) is 37.5 Å². The van der Waals surface area contributed by atoms with Crippen molar-refractivity contribution in [3.05, 3.63) is 39.4 Å². The molecule has 4 heteroatoms. The van der Waals surface area contributed by atoms with Crippen molar-refractivity contribution in [3.63, 3.8) is 0 Å². The third-order valence-electron chi connectivity index (χ3n) is 2.61. The molecule has 0 aliphatic rings. The first kappa shape index (κ1) is 16.8. The van der Waals surface area contributed by atoms with Crippen molar-refractivity contribution < 1.29 is 9.53 Å². The predicted octanol–water partition coefficient (Wildman–Crippen LogP) is 4.60. The number of benzene rings is 1. The molecule has 0 radical (unpaired) electrons.